The Balaban J connectivity index is 1.97. The molecule has 1 aliphatic carbocycles. The molecule has 3 heteroatoms. The van der Waals surface area contributed by atoms with Crippen molar-refractivity contribution in [2.75, 3.05) is 5.32 Å². The van der Waals surface area contributed by atoms with Gasteiger partial charge in [-0.1, -0.05) is 44.2 Å². The van der Waals surface area contributed by atoms with Crippen molar-refractivity contribution in [2.24, 2.45) is 5.92 Å². The first kappa shape index (κ1) is 13.9. The molecule has 0 bridgehead atoms. The standard InChI is InChI=1S/C16H23NO2/c1-12-6-5-9-14(10-12)17-15(16(18)19)11-13-7-3-2-4-8-13/h5-6,9-10,13,15,17H,2-4,7-8,11H2,1H3,(H,18,19). The predicted molar refractivity (Wildman–Crippen MR) is 77.4 cm³/mol. The Morgan fingerprint density at radius 2 is 2.11 bits per heavy atom. The summed E-state index contributed by atoms with van der Waals surface area (Å²) in [7, 11) is 0. The second-order valence-electron chi connectivity index (χ2n) is 5.64. The van der Waals surface area contributed by atoms with Crippen LogP contribution in [0, 0.1) is 12.8 Å². The van der Waals surface area contributed by atoms with E-state index in [1.807, 2.05) is 31.2 Å². The average Bonchev–Trinajstić information content (AvgIpc) is 2.39. The topological polar surface area (TPSA) is 49.3 Å². The summed E-state index contributed by atoms with van der Waals surface area (Å²) in [5, 5.41) is 12.5. The quantitative estimate of drug-likeness (QED) is 0.847. The maximum absolute atomic E-state index is 11.4. The number of carboxylic acid groups (broad SMARTS) is 1. The molecule has 1 fully saturated rings. The zero-order valence-electron chi connectivity index (χ0n) is 11.6. The van der Waals surface area contributed by atoms with Crippen LogP contribution >= 0.6 is 0 Å². The van der Waals surface area contributed by atoms with Crippen LogP contribution < -0.4 is 5.32 Å². The SMILES string of the molecule is Cc1cccc(NC(CC2CCCCC2)C(=O)O)c1. The lowest BCUT2D eigenvalue weighted by molar-refractivity contribution is -0.138. The number of aliphatic carboxylic acids is 1. The highest BCUT2D eigenvalue weighted by molar-refractivity contribution is 5.77. The number of aryl methyl sites for hydroxylation is 1. The first-order valence-corrected chi connectivity index (χ1v) is 7.21. The van der Waals surface area contributed by atoms with Gasteiger partial charge >= 0.3 is 5.97 Å². The van der Waals surface area contributed by atoms with Crippen LogP contribution in [0.2, 0.25) is 0 Å². The van der Waals surface area contributed by atoms with Gasteiger partial charge in [-0.2, -0.15) is 0 Å². The van der Waals surface area contributed by atoms with E-state index in [4.69, 9.17) is 0 Å². The lowest BCUT2D eigenvalue weighted by atomic mass is 9.85. The first-order valence-electron chi connectivity index (χ1n) is 7.21. The fourth-order valence-electron chi connectivity index (χ4n) is 2.91. The van der Waals surface area contributed by atoms with Gasteiger partial charge in [0.1, 0.15) is 6.04 Å². The third-order valence-corrected chi connectivity index (χ3v) is 3.95. The molecule has 1 unspecified atom stereocenters. The van der Waals surface area contributed by atoms with Crippen LogP contribution in [0.15, 0.2) is 24.3 Å². The minimum absolute atomic E-state index is 0.468. The zero-order valence-corrected chi connectivity index (χ0v) is 11.6. The van der Waals surface area contributed by atoms with Crippen molar-refractivity contribution in [3.63, 3.8) is 0 Å². The lowest BCUT2D eigenvalue weighted by Gasteiger charge is -2.25. The van der Waals surface area contributed by atoms with E-state index in [0.29, 0.717) is 5.92 Å². The van der Waals surface area contributed by atoms with E-state index in [2.05, 4.69) is 5.32 Å². The average molecular weight is 261 g/mol. The van der Waals surface area contributed by atoms with E-state index < -0.39 is 12.0 Å². The number of rotatable bonds is 5. The van der Waals surface area contributed by atoms with Crippen LogP contribution in [0.1, 0.15) is 44.1 Å². The molecule has 0 heterocycles. The molecule has 0 amide bonds. The number of carboxylic acids is 1. The van der Waals surface area contributed by atoms with Gasteiger partial charge in [0.2, 0.25) is 0 Å². The number of anilines is 1. The highest BCUT2D eigenvalue weighted by atomic mass is 16.4. The number of nitrogens with one attached hydrogen (secondary N) is 1. The molecule has 0 aliphatic heterocycles. The van der Waals surface area contributed by atoms with Crippen LogP contribution in [0.3, 0.4) is 0 Å². The van der Waals surface area contributed by atoms with Crippen LogP contribution in [-0.2, 0) is 4.79 Å². The Morgan fingerprint density at radius 1 is 1.37 bits per heavy atom. The Morgan fingerprint density at radius 3 is 2.74 bits per heavy atom. The Bertz CT molecular complexity index is 425. The first-order chi connectivity index (χ1) is 9.15. The van der Waals surface area contributed by atoms with Crippen LogP contribution in [-0.4, -0.2) is 17.1 Å². The molecule has 2 N–H and O–H groups in total. The van der Waals surface area contributed by atoms with Crippen molar-refractivity contribution in [1.29, 1.82) is 0 Å². The van der Waals surface area contributed by atoms with Crippen molar-refractivity contribution in [2.45, 2.75) is 51.5 Å². The highest BCUT2D eigenvalue weighted by Gasteiger charge is 2.23. The Kier molecular flexibility index (Phi) is 4.83. The van der Waals surface area contributed by atoms with Crippen molar-refractivity contribution in [1.82, 2.24) is 0 Å². The van der Waals surface area contributed by atoms with E-state index >= 15 is 0 Å². The summed E-state index contributed by atoms with van der Waals surface area (Å²) in [6.07, 6.45) is 6.91. The lowest BCUT2D eigenvalue weighted by Crippen LogP contribution is -2.32. The molecule has 1 atom stereocenters. The van der Waals surface area contributed by atoms with Crippen molar-refractivity contribution in [3.8, 4) is 0 Å². The van der Waals surface area contributed by atoms with E-state index in [1.165, 1.54) is 32.1 Å². The van der Waals surface area contributed by atoms with Gasteiger partial charge in [0.25, 0.3) is 0 Å². The van der Waals surface area contributed by atoms with Crippen molar-refractivity contribution < 1.29 is 9.90 Å². The molecular weight excluding hydrogens is 238 g/mol. The number of hydrogen-bond donors (Lipinski definition) is 2. The molecule has 0 saturated heterocycles. The molecular formula is C16H23NO2. The van der Waals surface area contributed by atoms with Gasteiger partial charge in [-0.25, -0.2) is 4.79 Å². The molecule has 104 valence electrons. The fourth-order valence-corrected chi connectivity index (χ4v) is 2.91. The molecule has 1 saturated carbocycles. The molecule has 0 aromatic heterocycles. The maximum Gasteiger partial charge on any atom is 0.326 e. The summed E-state index contributed by atoms with van der Waals surface area (Å²) in [6.45, 7) is 2.02. The van der Waals surface area contributed by atoms with Gasteiger partial charge < -0.3 is 10.4 Å². The minimum Gasteiger partial charge on any atom is -0.480 e. The number of hydrogen-bond acceptors (Lipinski definition) is 2. The normalized spacial score (nSPS) is 17.9. The maximum atomic E-state index is 11.4. The van der Waals surface area contributed by atoms with Gasteiger partial charge in [0, 0.05) is 5.69 Å². The van der Waals surface area contributed by atoms with Gasteiger partial charge in [-0.15, -0.1) is 0 Å². The van der Waals surface area contributed by atoms with Crippen molar-refractivity contribution in [3.05, 3.63) is 29.8 Å². The van der Waals surface area contributed by atoms with Gasteiger partial charge in [0.05, 0.1) is 0 Å². The van der Waals surface area contributed by atoms with Gasteiger partial charge in [0.15, 0.2) is 0 Å². The van der Waals surface area contributed by atoms with E-state index in [0.717, 1.165) is 17.7 Å². The zero-order chi connectivity index (χ0) is 13.7. The molecule has 2 rings (SSSR count). The highest BCUT2D eigenvalue weighted by Crippen LogP contribution is 2.28. The predicted octanol–water partition coefficient (Wildman–Crippen LogP) is 3.83. The van der Waals surface area contributed by atoms with Gasteiger partial charge in [-0.3, -0.25) is 0 Å². The second-order valence-corrected chi connectivity index (χ2v) is 5.64. The number of carbonyl (C=O) groups is 1. The summed E-state index contributed by atoms with van der Waals surface area (Å²) in [5.74, 6) is -0.181. The van der Waals surface area contributed by atoms with Crippen LogP contribution in [0.5, 0.6) is 0 Å². The summed E-state index contributed by atoms with van der Waals surface area (Å²) in [5.41, 5.74) is 2.05. The van der Waals surface area contributed by atoms with Gasteiger partial charge in [-0.05, 0) is 37.0 Å². The largest absolute Gasteiger partial charge is 0.480 e. The van der Waals surface area contributed by atoms with E-state index in [9.17, 15) is 9.90 Å². The summed E-state index contributed by atoms with van der Waals surface area (Å²) in [4.78, 5) is 11.4. The van der Waals surface area contributed by atoms with Crippen molar-refractivity contribution >= 4 is 11.7 Å². The van der Waals surface area contributed by atoms with Crippen LogP contribution in [0.25, 0.3) is 0 Å². The fraction of sp³-hybridized carbons (Fsp3) is 0.562. The Hall–Kier alpha value is -1.51. The smallest absolute Gasteiger partial charge is 0.326 e. The molecule has 3 nitrogen and oxygen atoms in total. The number of benzene rings is 1. The third kappa shape index (κ3) is 4.27. The molecule has 0 radical (unpaired) electrons. The summed E-state index contributed by atoms with van der Waals surface area (Å²) >= 11 is 0. The molecule has 0 spiro atoms. The monoisotopic (exact) mass is 261 g/mol. The minimum atomic E-state index is -0.743. The molecule has 1 aromatic carbocycles. The summed E-state index contributed by atoms with van der Waals surface area (Å²) < 4.78 is 0. The van der Waals surface area contributed by atoms with E-state index in [-0.39, 0.29) is 0 Å². The Labute approximate surface area is 115 Å². The van der Waals surface area contributed by atoms with E-state index in [1.54, 1.807) is 0 Å². The molecule has 19 heavy (non-hydrogen) atoms. The third-order valence-electron chi connectivity index (χ3n) is 3.95. The molecule has 1 aliphatic rings. The van der Waals surface area contributed by atoms with Crippen LogP contribution in [0.4, 0.5) is 5.69 Å². The second kappa shape index (κ2) is 6.60. The summed E-state index contributed by atoms with van der Waals surface area (Å²) in [6, 6.07) is 7.43. The molecule has 1 aromatic rings.